The van der Waals surface area contributed by atoms with Crippen LogP contribution in [0.15, 0.2) is 21.5 Å². The Morgan fingerprint density at radius 2 is 1.96 bits per heavy atom. The molecule has 2 heterocycles. The molecule has 0 unspecified atom stereocenters. The van der Waals surface area contributed by atoms with E-state index >= 15 is 0 Å². The van der Waals surface area contributed by atoms with Crippen molar-refractivity contribution in [3.05, 3.63) is 27.7 Å². The fraction of sp³-hybridized carbons (Fsp3) is 0.562. The molecule has 0 spiro atoms. The van der Waals surface area contributed by atoms with Gasteiger partial charge in [0.25, 0.3) is 5.91 Å². The first-order valence-electron chi connectivity index (χ1n) is 8.03. The maximum absolute atomic E-state index is 12.9. The van der Waals surface area contributed by atoms with Crippen molar-refractivity contribution >= 4 is 31.9 Å². The zero-order valence-electron chi connectivity index (χ0n) is 13.0. The quantitative estimate of drug-likeness (QED) is 0.782. The zero-order valence-corrected chi connectivity index (χ0v) is 15.4. The van der Waals surface area contributed by atoms with Crippen molar-refractivity contribution in [3.63, 3.8) is 0 Å². The van der Waals surface area contributed by atoms with Gasteiger partial charge in [0.2, 0.25) is 10.0 Å². The number of halogens is 1. The Labute approximate surface area is 144 Å². The standard InChI is InChI=1S/C16H19BrN2O3S/c1-10(11-3-4-11)19-9-12-7-13(17)8-14(15(12)16(19)20)23(21,22)18-5-2-6-18/h7-8,10-11H,2-6,9H2,1H3/t10-/m0/s1. The first-order chi connectivity index (χ1) is 10.9. The minimum Gasteiger partial charge on any atom is -0.331 e. The average molecular weight is 399 g/mol. The maximum atomic E-state index is 12.9. The van der Waals surface area contributed by atoms with Crippen LogP contribution in [-0.4, -0.2) is 42.7 Å². The Hall–Kier alpha value is -0.920. The summed E-state index contributed by atoms with van der Waals surface area (Å²) in [4.78, 5) is 14.9. The second kappa shape index (κ2) is 5.29. The van der Waals surface area contributed by atoms with Crippen molar-refractivity contribution in [3.8, 4) is 0 Å². The van der Waals surface area contributed by atoms with Crippen LogP contribution in [0.5, 0.6) is 0 Å². The number of carbonyl (C=O) groups excluding carboxylic acids is 1. The molecule has 0 radical (unpaired) electrons. The molecule has 7 heteroatoms. The van der Waals surface area contributed by atoms with E-state index in [0.29, 0.717) is 35.6 Å². The summed E-state index contributed by atoms with van der Waals surface area (Å²) in [6, 6.07) is 3.63. The van der Waals surface area contributed by atoms with Crippen molar-refractivity contribution in [2.75, 3.05) is 13.1 Å². The number of nitrogens with zero attached hydrogens (tertiary/aromatic N) is 2. The third kappa shape index (κ3) is 2.44. The van der Waals surface area contributed by atoms with Crippen LogP contribution < -0.4 is 0 Å². The molecule has 3 aliphatic rings. The molecule has 1 amide bonds. The van der Waals surface area contributed by atoms with Gasteiger partial charge in [-0.15, -0.1) is 0 Å². The monoisotopic (exact) mass is 398 g/mol. The number of hydrogen-bond donors (Lipinski definition) is 0. The predicted molar refractivity (Wildman–Crippen MR) is 89.6 cm³/mol. The Morgan fingerprint density at radius 1 is 1.26 bits per heavy atom. The summed E-state index contributed by atoms with van der Waals surface area (Å²) in [6.07, 6.45) is 3.20. The van der Waals surface area contributed by atoms with Gasteiger partial charge < -0.3 is 4.90 Å². The topological polar surface area (TPSA) is 57.7 Å². The molecular formula is C16H19BrN2O3S. The van der Waals surface area contributed by atoms with E-state index in [-0.39, 0.29) is 16.8 Å². The molecule has 0 aromatic heterocycles. The Morgan fingerprint density at radius 3 is 2.52 bits per heavy atom. The smallest absolute Gasteiger partial charge is 0.256 e. The van der Waals surface area contributed by atoms with Crippen LogP contribution >= 0.6 is 15.9 Å². The largest absolute Gasteiger partial charge is 0.331 e. The Bertz CT molecular complexity index is 785. The maximum Gasteiger partial charge on any atom is 0.256 e. The fourth-order valence-electron chi connectivity index (χ4n) is 3.43. The molecule has 0 bridgehead atoms. The van der Waals surface area contributed by atoms with Crippen LogP contribution in [0.3, 0.4) is 0 Å². The van der Waals surface area contributed by atoms with Crippen LogP contribution in [-0.2, 0) is 16.6 Å². The van der Waals surface area contributed by atoms with Gasteiger partial charge in [0.05, 0.1) is 10.5 Å². The highest BCUT2D eigenvalue weighted by Crippen LogP contribution is 2.40. The van der Waals surface area contributed by atoms with Gasteiger partial charge in [-0.25, -0.2) is 8.42 Å². The molecule has 4 rings (SSSR count). The summed E-state index contributed by atoms with van der Waals surface area (Å²) in [5.41, 5.74) is 1.20. The van der Waals surface area contributed by atoms with Gasteiger partial charge in [-0.1, -0.05) is 15.9 Å². The van der Waals surface area contributed by atoms with Crippen LogP contribution in [0.1, 0.15) is 42.1 Å². The molecule has 1 aromatic rings. The van der Waals surface area contributed by atoms with E-state index in [4.69, 9.17) is 0 Å². The number of benzene rings is 1. The minimum absolute atomic E-state index is 0.133. The van der Waals surface area contributed by atoms with E-state index < -0.39 is 10.0 Å². The lowest BCUT2D eigenvalue weighted by Crippen LogP contribution is -2.42. The summed E-state index contributed by atoms with van der Waals surface area (Å²) in [5, 5.41) is 0. The van der Waals surface area contributed by atoms with Gasteiger partial charge in [0.15, 0.2) is 0 Å². The van der Waals surface area contributed by atoms with Gasteiger partial charge in [0, 0.05) is 30.1 Å². The van der Waals surface area contributed by atoms with E-state index in [1.807, 2.05) is 11.0 Å². The molecule has 1 saturated heterocycles. The second-order valence-electron chi connectivity index (χ2n) is 6.71. The number of sulfonamides is 1. The van der Waals surface area contributed by atoms with Gasteiger partial charge in [0.1, 0.15) is 0 Å². The second-order valence-corrected chi connectivity index (χ2v) is 9.53. The fourth-order valence-corrected chi connectivity index (χ4v) is 5.86. The zero-order chi connectivity index (χ0) is 16.4. The predicted octanol–water partition coefficient (Wildman–Crippen LogP) is 2.60. The number of amides is 1. The van der Waals surface area contributed by atoms with Crippen LogP contribution in [0.25, 0.3) is 0 Å². The third-order valence-corrected chi connectivity index (χ3v) is 7.57. The van der Waals surface area contributed by atoms with Gasteiger partial charge in [-0.05, 0) is 49.8 Å². The minimum atomic E-state index is -3.58. The lowest BCUT2D eigenvalue weighted by atomic mass is 10.1. The van der Waals surface area contributed by atoms with Crippen molar-refractivity contribution in [2.24, 2.45) is 5.92 Å². The Balaban J connectivity index is 1.78. The number of rotatable bonds is 4. The van der Waals surface area contributed by atoms with Crippen molar-refractivity contribution < 1.29 is 13.2 Å². The van der Waals surface area contributed by atoms with E-state index in [1.54, 1.807) is 6.07 Å². The van der Waals surface area contributed by atoms with Crippen LogP contribution in [0.4, 0.5) is 0 Å². The summed E-state index contributed by atoms with van der Waals surface area (Å²) >= 11 is 3.40. The molecule has 2 fully saturated rings. The molecule has 5 nitrogen and oxygen atoms in total. The Kier molecular flexibility index (Phi) is 3.59. The number of carbonyl (C=O) groups is 1. The molecule has 1 aliphatic carbocycles. The van der Waals surface area contributed by atoms with Crippen LogP contribution in [0.2, 0.25) is 0 Å². The van der Waals surface area contributed by atoms with E-state index in [9.17, 15) is 13.2 Å². The lowest BCUT2D eigenvalue weighted by molar-refractivity contribution is 0.0694. The third-order valence-electron chi connectivity index (χ3n) is 5.19. The lowest BCUT2D eigenvalue weighted by Gasteiger charge is -2.30. The van der Waals surface area contributed by atoms with Crippen molar-refractivity contribution in [1.82, 2.24) is 9.21 Å². The molecule has 23 heavy (non-hydrogen) atoms. The van der Waals surface area contributed by atoms with E-state index in [2.05, 4.69) is 22.9 Å². The molecule has 2 aliphatic heterocycles. The highest BCUT2D eigenvalue weighted by atomic mass is 79.9. The summed E-state index contributed by atoms with van der Waals surface area (Å²) in [7, 11) is -3.58. The normalized spacial score (nSPS) is 22.9. The van der Waals surface area contributed by atoms with Crippen molar-refractivity contribution in [2.45, 2.75) is 43.7 Å². The highest BCUT2D eigenvalue weighted by Gasteiger charge is 2.42. The molecule has 1 aromatic carbocycles. The van der Waals surface area contributed by atoms with E-state index in [0.717, 1.165) is 24.8 Å². The van der Waals surface area contributed by atoms with Gasteiger partial charge in [-0.2, -0.15) is 4.31 Å². The van der Waals surface area contributed by atoms with Gasteiger partial charge in [-0.3, -0.25) is 4.79 Å². The molecule has 1 atom stereocenters. The number of hydrogen-bond acceptors (Lipinski definition) is 3. The van der Waals surface area contributed by atoms with Crippen molar-refractivity contribution in [1.29, 1.82) is 0 Å². The van der Waals surface area contributed by atoms with Gasteiger partial charge >= 0.3 is 0 Å². The highest BCUT2D eigenvalue weighted by molar-refractivity contribution is 9.10. The number of fused-ring (bicyclic) bond motifs is 1. The van der Waals surface area contributed by atoms with E-state index in [1.165, 1.54) is 4.31 Å². The van der Waals surface area contributed by atoms with Crippen LogP contribution in [0, 0.1) is 5.92 Å². The first kappa shape index (κ1) is 15.6. The first-order valence-corrected chi connectivity index (χ1v) is 10.3. The summed E-state index contributed by atoms with van der Waals surface area (Å²) in [5.74, 6) is 0.429. The molecule has 0 N–H and O–H groups in total. The molecule has 124 valence electrons. The molecule has 1 saturated carbocycles. The molecular weight excluding hydrogens is 380 g/mol. The SMILES string of the molecule is C[C@@H](C1CC1)N1Cc2cc(Br)cc(S(=O)(=O)N3CCC3)c2C1=O. The average Bonchev–Trinajstić information content (AvgIpc) is 3.20. The summed E-state index contributed by atoms with van der Waals surface area (Å²) in [6.45, 7) is 3.66. The summed E-state index contributed by atoms with van der Waals surface area (Å²) < 4.78 is 27.8.